The van der Waals surface area contributed by atoms with Crippen LogP contribution >= 0.6 is 0 Å². The zero-order valence-corrected chi connectivity index (χ0v) is 9.22. The standard InChI is InChI=1S/C10H19N3O3/c11-9(13-16)6-8(12-10(14)15)7-4-2-1-3-5-7/h7-8,12,16H,1-6H2,(H2,11,13)(H,14,15). The molecule has 0 heterocycles. The first-order valence-corrected chi connectivity index (χ1v) is 5.59. The van der Waals surface area contributed by atoms with Crippen molar-refractivity contribution >= 4 is 11.9 Å². The molecule has 92 valence electrons. The van der Waals surface area contributed by atoms with Crippen LogP contribution in [0.5, 0.6) is 0 Å². The monoisotopic (exact) mass is 229 g/mol. The second-order valence-corrected chi connectivity index (χ2v) is 4.25. The Labute approximate surface area is 94.5 Å². The number of hydrogen-bond acceptors (Lipinski definition) is 3. The third-order valence-corrected chi connectivity index (χ3v) is 3.09. The van der Waals surface area contributed by atoms with E-state index in [0.717, 1.165) is 25.7 Å². The van der Waals surface area contributed by atoms with Gasteiger partial charge in [-0.3, -0.25) is 0 Å². The van der Waals surface area contributed by atoms with E-state index in [4.69, 9.17) is 16.0 Å². The molecule has 0 aromatic carbocycles. The molecule has 0 spiro atoms. The van der Waals surface area contributed by atoms with Crippen molar-refractivity contribution in [3.05, 3.63) is 0 Å². The smallest absolute Gasteiger partial charge is 0.404 e. The number of oxime groups is 1. The molecule has 6 heteroatoms. The second kappa shape index (κ2) is 6.19. The van der Waals surface area contributed by atoms with Crippen molar-refractivity contribution in [3.63, 3.8) is 0 Å². The Bertz CT molecular complexity index is 262. The third-order valence-electron chi connectivity index (χ3n) is 3.09. The molecule has 0 bridgehead atoms. The van der Waals surface area contributed by atoms with Gasteiger partial charge in [-0.2, -0.15) is 0 Å². The molecule has 1 amide bonds. The molecule has 1 rings (SSSR count). The maximum atomic E-state index is 10.7. The van der Waals surface area contributed by atoms with Crippen LogP contribution in [0.2, 0.25) is 0 Å². The Balaban J connectivity index is 2.57. The molecule has 0 radical (unpaired) electrons. The maximum absolute atomic E-state index is 10.7. The highest BCUT2D eigenvalue weighted by atomic mass is 16.4. The van der Waals surface area contributed by atoms with Gasteiger partial charge in [0.15, 0.2) is 0 Å². The Morgan fingerprint density at radius 2 is 2.06 bits per heavy atom. The summed E-state index contributed by atoms with van der Waals surface area (Å²) in [7, 11) is 0. The summed E-state index contributed by atoms with van der Waals surface area (Å²) < 4.78 is 0. The number of carbonyl (C=O) groups is 1. The average molecular weight is 229 g/mol. The van der Waals surface area contributed by atoms with E-state index in [1.807, 2.05) is 0 Å². The number of amidine groups is 1. The van der Waals surface area contributed by atoms with Gasteiger partial charge < -0.3 is 21.4 Å². The fourth-order valence-electron chi connectivity index (χ4n) is 2.30. The van der Waals surface area contributed by atoms with Crippen LogP contribution in [0.3, 0.4) is 0 Å². The van der Waals surface area contributed by atoms with Crippen LogP contribution in [0.4, 0.5) is 4.79 Å². The molecular weight excluding hydrogens is 210 g/mol. The van der Waals surface area contributed by atoms with Gasteiger partial charge in [-0.05, 0) is 18.8 Å². The van der Waals surface area contributed by atoms with Crippen LogP contribution in [0.1, 0.15) is 38.5 Å². The van der Waals surface area contributed by atoms with Gasteiger partial charge in [-0.1, -0.05) is 24.4 Å². The van der Waals surface area contributed by atoms with Gasteiger partial charge in [-0.25, -0.2) is 4.79 Å². The molecule has 6 nitrogen and oxygen atoms in total. The first kappa shape index (κ1) is 12.6. The number of hydrogen-bond donors (Lipinski definition) is 4. The lowest BCUT2D eigenvalue weighted by Crippen LogP contribution is -2.43. The highest BCUT2D eigenvalue weighted by Crippen LogP contribution is 2.27. The lowest BCUT2D eigenvalue weighted by molar-refractivity contribution is 0.179. The van der Waals surface area contributed by atoms with Crippen molar-refractivity contribution in [1.29, 1.82) is 0 Å². The van der Waals surface area contributed by atoms with E-state index >= 15 is 0 Å². The minimum atomic E-state index is -1.05. The molecule has 16 heavy (non-hydrogen) atoms. The van der Waals surface area contributed by atoms with Gasteiger partial charge in [-0.15, -0.1) is 0 Å². The summed E-state index contributed by atoms with van der Waals surface area (Å²) in [5.74, 6) is 0.370. The van der Waals surface area contributed by atoms with Gasteiger partial charge in [0.2, 0.25) is 0 Å². The van der Waals surface area contributed by atoms with E-state index < -0.39 is 6.09 Å². The van der Waals surface area contributed by atoms with Crippen LogP contribution in [-0.2, 0) is 0 Å². The minimum Gasteiger partial charge on any atom is -0.465 e. The Morgan fingerprint density at radius 1 is 1.44 bits per heavy atom. The van der Waals surface area contributed by atoms with E-state index in [0.29, 0.717) is 5.92 Å². The fraction of sp³-hybridized carbons (Fsp3) is 0.800. The molecule has 0 aromatic rings. The van der Waals surface area contributed by atoms with E-state index in [9.17, 15) is 4.79 Å². The first-order valence-electron chi connectivity index (χ1n) is 5.59. The lowest BCUT2D eigenvalue weighted by atomic mass is 9.82. The fourth-order valence-corrected chi connectivity index (χ4v) is 2.30. The number of amides is 1. The number of nitrogens with two attached hydrogens (primary N) is 1. The third kappa shape index (κ3) is 3.96. The lowest BCUT2D eigenvalue weighted by Gasteiger charge is -2.29. The van der Waals surface area contributed by atoms with Gasteiger partial charge in [0.25, 0.3) is 0 Å². The van der Waals surface area contributed by atoms with E-state index in [2.05, 4.69) is 10.5 Å². The predicted octanol–water partition coefficient (Wildman–Crippen LogP) is 1.34. The summed E-state index contributed by atoms with van der Waals surface area (Å²) in [4.78, 5) is 10.7. The zero-order valence-electron chi connectivity index (χ0n) is 9.22. The highest BCUT2D eigenvalue weighted by Gasteiger charge is 2.25. The summed E-state index contributed by atoms with van der Waals surface area (Å²) in [6.07, 6.45) is 4.68. The van der Waals surface area contributed by atoms with Crippen molar-refractivity contribution in [3.8, 4) is 0 Å². The first-order chi connectivity index (χ1) is 7.63. The predicted molar refractivity (Wildman–Crippen MR) is 59.5 cm³/mol. The van der Waals surface area contributed by atoms with Crippen LogP contribution in [-0.4, -0.2) is 28.3 Å². The molecule has 0 aromatic heterocycles. The molecule has 0 saturated heterocycles. The molecule has 1 unspecified atom stereocenters. The SMILES string of the molecule is N/C(CC(NC(=O)O)C1CCCCC1)=N/O. The molecular formula is C10H19N3O3. The normalized spacial score (nSPS) is 20.4. The van der Waals surface area contributed by atoms with Crippen LogP contribution in [0, 0.1) is 5.92 Å². The summed E-state index contributed by atoms with van der Waals surface area (Å²) in [5.41, 5.74) is 5.42. The second-order valence-electron chi connectivity index (χ2n) is 4.25. The number of nitrogens with one attached hydrogen (secondary N) is 1. The summed E-state index contributed by atoms with van der Waals surface area (Å²) in [6.45, 7) is 0. The Morgan fingerprint density at radius 3 is 2.56 bits per heavy atom. The molecule has 5 N–H and O–H groups in total. The molecule has 1 saturated carbocycles. The van der Waals surface area contributed by atoms with Crippen molar-refractivity contribution in [2.24, 2.45) is 16.8 Å². The maximum Gasteiger partial charge on any atom is 0.404 e. The molecule has 1 atom stereocenters. The largest absolute Gasteiger partial charge is 0.465 e. The van der Waals surface area contributed by atoms with Crippen molar-refractivity contribution in [1.82, 2.24) is 5.32 Å². The van der Waals surface area contributed by atoms with Crippen molar-refractivity contribution in [2.75, 3.05) is 0 Å². The highest BCUT2D eigenvalue weighted by molar-refractivity contribution is 5.80. The number of rotatable bonds is 4. The topological polar surface area (TPSA) is 108 Å². The van der Waals surface area contributed by atoms with E-state index in [-0.39, 0.29) is 18.3 Å². The molecule has 1 aliphatic carbocycles. The van der Waals surface area contributed by atoms with Crippen LogP contribution < -0.4 is 11.1 Å². The minimum absolute atomic E-state index is 0.0734. The van der Waals surface area contributed by atoms with E-state index in [1.54, 1.807) is 0 Å². The average Bonchev–Trinajstić information content (AvgIpc) is 2.28. The molecule has 1 aliphatic rings. The summed E-state index contributed by atoms with van der Waals surface area (Å²) in [5, 5.41) is 22.6. The van der Waals surface area contributed by atoms with Gasteiger partial charge >= 0.3 is 6.09 Å². The number of nitrogens with zero attached hydrogens (tertiary/aromatic N) is 1. The van der Waals surface area contributed by atoms with Crippen molar-refractivity contribution < 1.29 is 15.1 Å². The summed E-state index contributed by atoms with van der Waals surface area (Å²) in [6, 6.07) is -0.242. The summed E-state index contributed by atoms with van der Waals surface area (Å²) >= 11 is 0. The van der Waals surface area contributed by atoms with Gasteiger partial charge in [0.05, 0.1) is 0 Å². The van der Waals surface area contributed by atoms with E-state index in [1.165, 1.54) is 6.42 Å². The zero-order chi connectivity index (χ0) is 12.0. The van der Waals surface area contributed by atoms with Crippen LogP contribution in [0.15, 0.2) is 5.16 Å². The van der Waals surface area contributed by atoms with Gasteiger partial charge in [0.1, 0.15) is 5.84 Å². The Kier molecular flexibility index (Phi) is 4.88. The quantitative estimate of drug-likeness (QED) is 0.252. The van der Waals surface area contributed by atoms with Crippen LogP contribution in [0.25, 0.3) is 0 Å². The molecule has 0 aliphatic heterocycles. The number of carboxylic acid groups (broad SMARTS) is 1. The van der Waals surface area contributed by atoms with Crippen molar-refractivity contribution in [2.45, 2.75) is 44.6 Å². The molecule has 1 fully saturated rings. The Hall–Kier alpha value is -1.46. The van der Waals surface area contributed by atoms with Gasteiger partial charge in [0, 0.05) is 12.5 Å².